The maximum absolute atomic E-state index is 6.07. The van der Waals surface area contributed by atoms with Crippen LogP contribution in [0.3, 0.4) is 0 Å². The standard InChI is InChI=1S/C11H21ClN4O/c1-9(2)14-10(12)8-11(15-13-3)16-4-6-17-7-5-16/h8-9,13,15H,4-7H2,1-3H3/b11-8+,14-10+. The molecule has 1 aliphatic rings. The van der Waals surface area contributed by atoms with E-state index in [2.05, 4.69) is 20.7 Å². The van der Waals surface area contributed by atoms with Crippen molar-refractivity contribution in [3.8, 4) is 0 Å². The van der Waals surface area contributed by atoms with Crippen LogP contribution in [0.2, 0.25) is 0 Å². The number of halogens is 1. The second kappa shape index (κ2) is 7.53. The molecule has 0 aliphatic carbocycles. The summed E-state index contributed by atoms with van der Waals surface area (Å²) in [7, 11) is 1.82. The van der Waals surface area contributed by atoms with Crippen molar-refractivity contribution in [2.24, 2.45) is 4.99 Å². The summed E-state index contributed by atoms with van der Waals surface area (Å²) in [6.07, 6.45) is 1.84. The zero-order valence-corrected chi connectivity index (χ0v) is 11.4. The Bertz CT molecular complexity index is 285. The van der Waals surface area contributed by atoms with E-state index in [1.165, 1.54) is 0 Å². The van der Waals surface area contributed by atoms with Crippen LogP contribution in [-0.2, 0) is 4.74 Å². The van der Waals surface area contributed by atoms with Gasteiger partial charge in [0.2, 0.25) is 0 Å². The number of nitrogens with one attached hydrogen (secondary N) is 2. The molecule has 2 N–H and O–H groups in total. The SMILES string of the molecule is CNN/C(=C\C(Cl)=N/C(C)C)N1CCOCC1. The van der Waals surface area contributed by atoms with Crippen LogP contribution in [-0.4, -0.2) is 49.5 Å². The number of nitrogens with zero attached hydrogens (tertiary/aromatic N) is 2. The van der Waals surface area contributed by atoms with Gasteiger partial charge in [-0.15, -0.1) is 0 Å². The largest absolute Gasteiger partial charge is 0.378 e. The van der Waals surface area contributed by atoms with Gasteiger partial charge in [0, 0.05) is 32.3 Å². The van der Waals surface area contributed by atoms with Gasteiger partial charge in [0.25, 0.3) is 0 Å². The van der Waals surface area contributed by atoms with Crippen LogP contribution in [0.15, 0.2) is 16.9 Å². The number of rotatable bonds is 5. The second-order valence-corrected chi connectivity index (χ2v) is 4.44. The Hall–Kier alpha value is -0.780. The average Bonchev–Trinajstić information content (AvgIpc) is 2.28. The van der Waals surface area contributed by atoms with Crippen molar-refractivity contribution >= 4 is 16.8 Å². The summed E-state index contributed by atoms with van der Waals surface area (Å²) in [4.78, 5) is 6.45. The van der Waals surface area contributed by atoms with Crippen molar-refractivity contribution in [1.82, 2.24) is 15.8 Å². The molecule has 0 spiro atoms. The maximum atomic E-state index is 6.07. The van der Waals surface area contributed by atoms with Crippen LogP contribution in [0.4, 0.5) is 0 Å². The van der Waals surface area contributed by atoms with Gasteiger partial charge in [0.1, 0.15) is 11.0 Å². The molecule has 98 valence electrons. The molecule has 1 heterocycles. The zero-order valence-electron chi connectivity index (χ0n) is 10.7. The van der Waals surface area contributed by atoms with Crippen molar-refractivity contribution in [2.45, 2.75) is 19.9 Å². The summed E-state index contributed by atoms with van der Waals surface area (Å²) < 4.78 is 5.32. The van der Waals surface area contributed by atoms with Gasteiger partial charge in [0.15, 0.2) is 0 Å². The molecule has 6 heteroatoms. The average molecular weight is 261 g/mol. The van der Waals surface area contributed by atoms with Gasteiger partial charge in [-0.25, -0.2) is 5.43 Å². The summed E-state index contributed by atoms with van der Waals surface area (Å²) in [6, 6.07) is 0.194. The molecule has 5 nitrogen and oxygen atoms in total. The van der Waals surface area contributed by atoms with Crippen LogP contribution in [0, 0.1) is 0 Å². The van der Waals surface area contributed by atoms with Crippen molar-refractivity contribution in [2.75, 3.05) is 33.4 Å². The number of morpholine rings is 1. The van der Waals surface area contributed by atoms with Crippen LogP contribution in [0.25, 0.3) is 0 Å². The number of hydrazine groups is 1. The first-order valence-corrected chi connectivity index (χ1v) is 6.21. The van der Waals surface area contributed by atoms with E-state index in [4.69, 9.17) is 16.3 Å². The summed E-state index contributed by atoms with van der Waals surface area (Å²) in [5.74, 6) is 0.921. The molecule has 17 heavy (non-hydrogen) atoms. The van der Waals surface area contributed by atoms with Crippen LogP contribution in [0.5, 0.6) is 0 Å². The summed E-state index contributed by atoms with van der Waals surface area (Å²) >= 11 is 6.07. The maximum Gasteiger partial charge on any atom is 0.127 e. The molecular weight excluding hydrogens is 240 g/mol. The Kier molecular flexibility index (Phi) is 6.32. The smallest absolute Gasteiger partial charge is 0.127 e. The van der Waals surface area contributed by atoms with E-state index in [0.29, 0.717) is 5.17 Å². The normalized spacial score (nSPS) is 18.8. The van der Waals surface area contributed by atoms with Gasteiger partial charge in [0.05, 0.1) is 13.2 Å². The van der Waals surface area contributed by atoms with Crippen LogP contribution in [0.1, 0.15) is 13.8 Å². The minimum absolute atomic E-state index is 0.194. The summed E-state index contributed by atoms with van der Waals surface area (Å²) in [6.45, 7) is 7.17. The van der Waals surface area contributed by atoms with Crippen molar-refractivity contribution < 1.29 is 4.74 Å². The monoisotopic (exact) mass is 260 g/mol. The Morgan fingerprint density at radius 1 is 1.41 bits per heavy atom. The molecule has 0 amide bonds. The highest BCUT2D eigenvalue weighted by atomic mass is 35.5. The highest BCUT2D eigenvalue weighted by Gasteiger charge is 2.13. The predicted octanol–water partition coefficient (Wildman–Crippen LogP) is 0.930. The number of ether oxygens (including phenoxy) is 1. The molecule has 1 fully saturated rings. The van der Waals surface area contributed by atoms with E-state index in [-0.39, 0.29) is 6.04 Å². The van der Waals surface area contributed by atoms with E-state index < -0.39 is 0 Å². The number of allylic oxidation sites excluding steroid dienone is 1. The fourth-order valence-electron chi connectivity index (χ4n) is 1.54. The molecule has 0 aromatic carbocycles. The number of hydrogen-bond donors (Lipinski definition) is 2. The first-order chi connectivity index (χ1) is 8.13. The van der Waals surface area contributed by atoms with Gasteiger partial charge < -0.3 is 15.1 Å². The lowest BCUT2D eigenvalue weighted by atomic mass is 10.4. The van der Waals surface area contributed by atoms with E-state index in [1.54, 1.807) is 0 Å². The van der Waals surface area contributed by atoms with Gasteiger partial charge in [-0.1, -0.05) is 11.6 Å². The Morgan fingerprint density at radius 2 is 2.06 bits per heavy atom. The molecule has 1 rings (SSSR count). The second-order valence-electron chi connectivity index (χ2n) is 4.05. The van der Waals surface area contributed by atoms with Crippen LogP contribution >= 0.6 is 11.6 Å². The number of aliphatic imine (C=N–C) groups is 1. The molecule has 0 unspecified atom stereocenters. The van der Waals surface area contributed by atoms with Gasteiger partial charge in [-0.05, 0) is 13.8 Å². The minimum Gasteiger partial charge on any atom is -0.378 e. The third-order valence-electron chi connectivity index (χ3n) is 2.24. The van der Waals surface area contributed by atoms with Gasteiger partial charge >= 0.3 is 0 Å². The molecular formula is C11H21ClN4O. The molecule has 0 aromatic rings. The van der Waals surface area contributed by atoms with E-state index >= 15 is 0 Å². The Labute approximate surface area is 108 Å². The molecule has 0 atom stereocenters. The first-order valence-electron chi connectivity index (χ1n) is 5.84. The van der Waals surface area contributed by atoms with Crippen LogP contribution < -0.4 is 10.9 Å². The molecule has 1 saturated heterocycles. The van der Waals surface area contributed by atoms with Crippen molar-refractivity contribution in [1.29, 1.82) is 0 Å². The molecule has 1 aliphatic heterocycles. The lowest BCUT2D eigenvalue weighted by molar-refractivity contribution is 0.0496. The third-order valence-corrected chi connectivity index (χ3v) is 2.45. The quantitative estimate of drug-likeness (QED) is 0.570. The van der Waals surface area contributed by atoms with Crippen molar-refractivity contribution in [3.05, 3.63) is 11.9 Å². The molecule has 0 bridgehead atoms. The highest BCUT2D eigenvalue weighted by Crippen LogP contribution is 2.06. The third kappa shape index (κ3) is 5.39. The fraction of sp³-hybridized carbons (Fsp3) is 0.727. The van der Waals surface area contributed by atoms with Crippen molar-refractivity contribution in [3.63, 3.8) is 0 Å². The lowest BCUT2D eigenvalue weighted by Crippen LogP contribution is -2.43. The zero-order chi connectivity index (χ0) is 12.7. The topological polar surface area (TPSA) is 48.9 Å². The number of hydrogen-bond acceptors (Lipinski definition) is 5. The summed E-state index contributed by atoms with van der Waals surface area (Å²) in [5.41, 5.74) is 5.98. The fourth-order valence-corrected chi connectivity index (χ4v) is 1.83. The van der Waals surface area contributed by atoms with Gasteiger partial charge in [-0.2, -0.15) is 0 Å². The van der Waals surface area contributed by atoms with Gasteiger partial charge in [-0.3, -0.25) is 4.99 Å². The molecule has 0 saturated carbocycles. The predicted molar refractivity (Wildman–Crippen MR) is 71.1 cm³/mol. The van der Waals surface area contributed by atoms with E-state index in [0.717, 1.165) is 32.1 Å². The lowest BCUT2D eigenvalue weighted by Gasteiger charge is -2.31. The molecule has 0 aromatic heterocycles. The first kappa shape index (κ1) is 14.3. The van der Waals surface area contributed by atoms with E-state index in [9.17, 15) is 0 Å². The highest BCUT2D eigenvalue weighted by molar-refractivity contribution is 6.68. The summed E-state index contributed by atoms with van der Waals surface area (Å²) in [5, 5.41) is 0.504. The molecule has 0 radical (unpaired) electrons. The Morgan fingerprint density at radius 3 is 2.59 bits per heavy atom. The van der Waals surface area contributed by atoms with E-state index in [1.807, 2.05) is 27.0 Å². The Balaban J connectivity index is 2.72. The minimum atomic E-state index is 0.194.